The van der Waals surface area contributed by atoms with Gasteiger partial charge in [0.25, 0.3) is 0 Å². The van der Waals surface area contributed by atoms with E-state index >= 15 is 0 Å². The molecular weight excluding hydrogens is 306 g/mol. The van der Waals surface area contributed by atoms with Crippen LogP contribution in [0, 0.1) is 6.92 Å². The first-order valence-corrected chi connectivity index (χ1v) is 7.79. The summed E-state index contributed by atoms with van der Waals surface area (Å²) in [6, 6.07) is 9.88. The Morgan fingerprint density at radius 1 is 1.24 bits per heavy atom. The Bertz CT molecular complexity index is 750. The van der Waals surface area contributed by atoms with E-state index in [0.29, 0.717) is 10.9 Å². The summed E-state index contributed by atoms with van der Waals surface area (Å²) < 4.78 is 3.65. The number of halogens is 1. The Morgan fingerprint density at radius 2 is 2.00 bits per heavy atom. The van der Waals surface area contributed by atoms with Crippen molar-refractivity contribution in [2.24, 2.45) is 7.05 Å². The van der Waals surface area contributed by atoms with Crippen molar-refractivity contribution in [3.05, 3.63) is 53.1 Å². The van der Waals surface area contributed by atoms with Crippen molar-refractivity contribution < 1.29 is 0 Å². The van der Waals surface area contributed by atoms with Gasteiger partial charge in [-0.05, 0) is 19.1 Å². The molecule has 3 rings (SSSR count). The molecular formula is C14H14ClN5S. The van der Waals surface area contributed by atoms with Crippen LogP contribution in [0.4, 0.5) is 0 Å². The van der Waals surface area contributed by atoms with Gasteiger partial charge in [-0.15, -0.1) is 10.2 Å². The maximum absolute atomic E-state index is 6.49. The van der Waals surface area contributed by atoms with Crippen molar-refractivity contribution in [1.29, 1.82) is 0 Å². The van der Waals surface area contributed by atoms with Crippen LogP contribution in [0.15, 0.2) is 41.8 Å². The molecule has 108 valence electrons. The average molecular weight is 320 g/mol. The molecule has 0 radical (unpaired) electrons. The summed E-state index contributed by atoms with van der Waals surface area (Å²) in [5.41, 5.74) is 2.91. The maximum atomic E-state index is 6.49. The molecule has 0 bridgehead atoms. The van der Waals surface area contributed by atoms with Crippen LogP contribution in [0.1, 0.15) is 11.3 Å². The first-order valence-electron chi connectivity index (χ1n) is 6.43. The van der Waals surface area contributed by atoms with Crippen LogP contribution in [-0.4, -0.2) is 24.5 Å². The van der Waals surface area contributed by atoms with Crippen molar-refractivity contribution in [2.75, 3.05) is 0 Å². The number of para-hydroxylation sites is 1. The molecule has 0 N–H and O–H groups in total. The van der Waals surface area contributed by atoms with Crippen LogP contribution in [-0.2, 0) is 12.8 Å². The second-order valence-corrected chi connectivity index (χ2v) is 5.92. The number of hydrogen-bond acceptors (Lipinski definition) is 4. The number of hydrogen-bond donors (Lipinski definition) is 0. The van der Waals surface area contributed by atoms with Crippen LogP contribution in [0.3, 0.4) is 0 Å². The Balaban J connectivity index is 1.87. The van der Waals surface area contributed by atoms with Crippen molar-refractivity contribution >= 4 is 23.4 Å². The van der Waals surface area contributed by atoms with E-state index in [1.807, 2.05) is 48.9 Å². The second-order valence-electron chi connectivity index (χ2n) is 4.62. The second kappa shape index (κ2) is 5.91. The fraction of sp³-hybridized carbons (Fsp3) is 0.214. The van der Waals surface area contributed by atoms with Gasteiger partial charge >= 0.3 is 0 Å². The molecule has 0 saturated carbocycles. The smallest absolute Gasteiger partial charge is 0.191 e. The lowest BCUT2D eigenvalue weighted by atomic mass is 10.3. The van der Waals surface area contributed by atoms with E-state index in [2.05, 4.69) is 15.3 Å². The van der Waals surface area contributed by atoms with E-state index in [1.54, 1.807) is 22.8 Å². The van der Waals surface area contributed by atoms with Gasteiger partial charge in [-0.3, -0.25) is 0 Å². The van der Waals surface area contributed by atoms with Gasteiger partial charge in [0, 0.05) is 18.4 Å². The number of benzene rings is 1. The van der Waals surface area contributed by atoms with Gasteiger partial charge in [-0.25, -0.2) is 4.68 Å². The molecule has 0 amide bonds. The summed E-state index contributed by atoms with van der Waals surface area (Å²) in [6.45, 7) is 1.97. The highest BCUT2D eigenvalue weighted by Crippen LogP contribution is 2.29. The lowest BCUT2D eigenvalue weighted by molar-refractivity contribution is 0.788. The zero-order valence-electron chi connectivity index (χ0n) is 11.7. The SMILES string of the molecule is Cc1nn(-c2ccccc2)c(Cl)c1CSc1nncn1C. The largest absolute Gasteiger partial charge is 0.312 e. The van der Waals surface area contributed by atoms with E-state index in [1.165, 1.54) is 0 Å². The van der Waals surface area contributed by atoms with Gasteiger partial charge in [0.05, 0.1) is 11.4 Å². The molecule has 5 nitrogen and oxygen atoms in total. The molecule has 1 aromatic carbocycles. The topological polar surface area (TPSA) is 48.5 Å². The summed E-state index contributed by atoms with van der Waals surface area (Å²) in [5.74, 6) is 0.712. The molecule has 0 fully saturated rings. The van der Waals surface area contributed by atoms with Gasteiger partial charge in [0.2, 0.25) is 0 Å². The molecule has 2 aromatic heterocycles. The summed E-state index contributed by atoms with van der Waals surface area (Å²) >= 11 is 8.08. The van der Waals surface area contributed by atoms with Gasteiger partial charge in [-0.2, -0.15) is 5.10 Å². The van der Waals surface area contributed by atoms with Crippen molar-refractivity contribution in [3.8, 4) is 5.69 Å². The minimum absolute atomic E-state index is 0.647. The van der Waals surface area contributed by atoms with Crippen LogP contribution in [0.2, 0.25) is 5.15 Å². The standard InChI is InChI=1S/C14H14ClN5S/c1-10-12(8-21-14-17-16-9-19(14)2)13(15)20(18-10)11-6-4-3-5-7-11/h3-7,9H,8H2,1-2H3. The van der Waals surface area contributed by atoms with Crippen LogP contribution < -0.4 is 0 Å². The molecule has 0 aliphatic carbocycles. The van der Waals surface area contributed by atoms with Gasteiger partial charge in [0.1, 0.15) is 11.5 Å². The summed E-state index contributed by atoms with van der Waals surface area (Å²) in [7, 11) is 1.92. The van der Waals surface area contributed by atoms with Crippen LogP contribution in [0.5, 0.6) is 0 Å². The van der Waals surface area contributed by atoms with E-state index in [9.17, 15) is 0 Å². The van der Waals surface area contributed by atoms with E-state index in [4.69, 9.17) is 11.6 Å². The molecule has 0 unspecified atom stereocenters. The average Bonchev–Trinajstić information content (AvgIpc) is 3.02. The van der Waals surface area contributed by atoms with E-state index in [-0.39, 0.29) is 0 Å². The molecule has 3 aromatic rings. The predicted molar refractivity (Wildman–Crippen MR) is 83.9 cm³/mol. The first kappa shape index (κ1) is 14.2. The normalized spacial score (nSPS) is 11.0. The van der Waals surface area contributed by atoms with E-state index < -0.39 is 0 Å². The molecule has 0 saturated heterocycles. The quantitative estimate of drug-likeness (QED) is 0.693. The minimum atomic E-state index is 0.647. The molecule has 7 heteroatoms. The Morgan fingerprint density at radius 3 is 2.67 bits per heavy atom. The zero-order chi connectivity index (χ0) is 14.8. The third-order valence-electron chi connectivity index (χ3n) is 3.14. The monoisotopic (exact) mass is 319 g/mol. The molecule has 0 atom stereocenters. The summed E-state index contributed by atoms with van der Waals surface area (Å²) in [5, 5.41) is 14.0. The van der Waals surface area contributed by atoms with E-state index in [0.717, 1.165) is 22.1 Å². The maximum Gasteiger partial charge on any atom is 0.191 e. The third kappa shape index (κ3) is 2.82. The number of aryl methyl sites for hydroxylation is 2. The van der Waals surface area contributed by atoms with Crippen LogP contribution in [0.25, 0.3) is 5.69 Å². The molecule has 0 aliphatic rings. The lowest BCUT2D eigenvalue weighted by Gasteiger charge is -2.03. The fourth-order valence-corrected chi connectivity index (χ4v) is 3.37. The van der Waals surface area contributed by atoms with Gasteiger partial charge in [0.15, 0.2) is 5.16 Å². The number of aromatic nitrogens is 5. The van der Waals surface area contributed by atoms with Crippen LogP contribution >= 0.6 is 23.4 Å². The summed E-state index contributed by atoms with van der Waals surface area (Å²) in [4.78, 5) is 0. The highest BCUT2D eigenvalue weighted by Gasteiger charge is 2.15. The molecule has 0 aliphatic heterocycles. The van der Waals surface area contributed by atoms with Crippen molar-refractivity contribution in [1.82, 2.24) is 24.5 Å². The van der Waals surface area contributed by atoms with Gasteiger partial charge in [-0.1, -0.05) is 41.6 Å². The predicted octanol–water partition coefficient (Wildman–Crippen LogP) is 3.25. The zero-order valence-corrected chi connectivity index (χ0v) is 13.3. The molecule has 21 heavy (non-hydrogen) atoms. The minimum Gasteiger partial charge on any atom is -0.312 e. The lowest BCUT2D eigenvalue weighted by Crippen LogP contribution is -1.96. The van der Waals surface area contributed by atoms with Gasteiger partial charge < -0.3 is 4.57 Å². The first-order chi connectivity index (χ1) is 10.2. The number of thioether (sulfide) groups is 1. The fourth-order valence-electron chi connectivity index (χ4n) is 1.98. The third-order valence-corrected chi connectivity index (χ3v) is 4.59. The number of rotatable bonds is 4. The van der Waals surface area contributed by atoms with Crippen molar-refractivity contribution in [2.45, 2.75) is 17.8 Å². The Labute approximate surface area is 132 Å². The molecule has 2 heterocycles. The number of nitrogens with zero attached hydrogens (tertiary/aromatic N) is 5. The highest BCUT2D eigenvalue weighted by molar-refractivity contribution is 7.98. The summed E-state index contributed by atoms with van der Waals surface area (Å²) in [6.07, 6.45) is 1.68. The Kier molecular flexibility index (Phi) is 3.98. The van der Waals surface area contributed by atoms with Crippen molar-refractivity contribution in [3.63, 3.8) is 0 Å². The Hall–Kier alpha value is -1.79. The molecule has 0 spiro atoms. The highest BCUT2D eigenvalue weighted by atomic mass is 35.5.